The van der Waals surface area contributed by atoms with Gasteiger partial charge in [-0.1, -0.05) is 0 Å². The summed E-state index contributed by atoms with van der Waals surface area (Å²) in [5, 5.41) is 10.0. The number of nitrogens with one attached hydrogen (secondary N) is 1. The molecule has 1 N–H and O–H groups in total. The molecule has 0 saturated heterocycles. The average molecular weight is 315 g/mol. The van der Waals surface area contributed by atoms with Crippen molar-refractivity contribution in [3.8, 4) is 0 Å². The number of aryl methyl sites for hydroxylation is 2. The molecule has 0 aromatic carbocycles. The van der Waals surface area contributed by atoms with E-state index in [-0.39, 0.29) is 11.7 Å². The van der Waals surface area contributed by atoms with Gasteiger partial charge in [0.2, 0.25) is 0 Å². The van der Waals surface area contributed by atoms with Crippen LogP contribution in [0.15, 0.2) is 12.3 Å². The predicted molar refractivity (Wildman–Crippen MR) is 72.0 cm³/mol. The van der Waals surface area contributed by atoms with Gasteiger partial charge in [-0.2, -0.15) is 23.4 Å². The highest BCUT2D eigenvalue weighted by atomic mass is 19.4. The first kappa shape index (κ1) is 16.1. The lowest BCUT2D eigenvalue weighted by Gasteiger charge is -2.13. The molecule has 6 nitrogen and oxygen atoms in total. The number of hydrogen-bond donors (Lipinski definition) is 1. The number of carbonyl (C=O) groups excluding carboxylic acids is 1. The van der Waals surface area contributed by atoms with Crippen LogP contribution in [0.1, 0.15) is 40.4 Å². The van der Waals surface area contributed by atoms with Crippen LogP contribution in [0.5, 0.6) is 0 Å². The second-order valence-corrected chi connectivity index (χ2v) is 5.04. The third kappa shape index (κ3) is 2.97. The van der Waals surface area contributed by atoms with Gasteiger partial charge < -0.3 is 5.32 Å². The molecule has 0 radical (unpaired) electrons. The van der Waals surface area contributed by atoms with E-state index in [2.05, 4.69) is 15.5 Å². The fourth-order valence-corrected chi connectivity index (χ4v) is 2.11. The van der Waals surface area contributed by atoms with Gasteiger partial charge in [-0.15, -0.1) is 0 Å². The van der Waals surface area contributed by atoms with E-state index >= 15 is 0 Å². The first-order valence-corrected chi connectivity index (χ1v) is 6.52. The number of aromatic nitrogens is 4. The number of rotatable bonds is 3. The fourth-order valence-electron chi connectivity index (χ4n) is 2.11. The van der Waals surface area contributed by atoms with Crippen molar-refractivity contribution in [3.63, 3.8) is 0 Å². The molecule has 0 aliphatic carbocycles. The molecular weight excluding hydrogens is 299 g/mol. The maximum absolute atomic E-state index is 12.6. The molecule has 0 aliphatic heterocycles. The van der Waals surface area contributed by atoms with E-state index in [0.29, 0.717) is 0 Å². The van der Waals surface area contributed by atoms with E-state index in [4.69, 9.17) is 0 Å². The van der Waals surface area contributed by atoms with Crippen molar-refractivity contribution < 1.29 is 18.0 Å². The Morgan fingerprint density at radius 1 is 1.32 bits per heavy atom. The molecule has 2 aromatic heterocycles. The van der Waals surface area contributed by atoms with E-state index in [0.717, 1.165) is 22.0 Å². The minimum absolute atomic E-state index is 0.152. The van der Waals surface area contributed by atoms with Crippen molar-refractivity contribution in [2.45, 2.75) is 26.1 Å². The summed E-state index contributed by atoms with van der Waals surface area (Å²) in [5.74, 6) is -0.624. The lowest BCUT2D eigenvalue weighted by Crippen LogP contribution is -2.28. The van der Waals surface area contributed by atoms with Crippen LogP contribution in [0.4, 0.5) is 13.2 Å². The van der Waals surface area contributed by atoms with Crippen LogP contribution in [-0.2, 0) is 20.3 Å². The summed E-state index contributed by atoms with van der Waals surface area (Å²) in [6, 6.07) is 0.350. The first-order valence-electron chi connectivity index (χ1n) is 6.52. The van der Waals surface area contributed by atoms with Crippen molar-refractivity contribution in [3.05, 3.63) is 34.9 Å². The molecule has 0 saturated carbocycles. The van der Waals surface area contributed by atoms with Crippen molar-refractivity contribution in [2.75, 3.05) is 0 Å². The molecule has 2 aromatic rings. The van der Waals surface area contributed by atoms with Gasteiger partial charge in [0.1, 0.15) is 5.69 Å². The van der Waals surface area contributed by atoms with Crippen molar-refractivity contribution in [1.82, 2.24) is 24.9 Å². The zero-order valence-corrected chi connectivity index (χ0v) is 12.6. The van der Waals surface area contributed by atoms with E-state index in [1.165, 1.54) is 7.05 Å². The molecule has 1 unspecified atom stereocenters. The van der Waals surface area contributed by atoms with Crippen LogP contribution in [0, 0.1) is 6.92 Å². The monoisotopic (exact) mass is 315 g/mol. The molecular formula is C13H16F3N5O. The Balaban J connectivity index is 2.19. The van der Waals surface area contributed by atoms with Gasteiger partial charge >= 0.3 is 6.18 Å². The molecule has 2 heterocycles. The molecule has 1 atom stereocenters. The summed E-state index contributed by atoms with van der Waals surface area (Å²) in [6.07, 6.45) is -2.97. The van der Waals surface area contributed by atoms with Crippen LogP contribution in [0.3, 0.4) is 0 Å². The van der Waals surface area contributed by atoms with Crippen LogP contribution < -0.4 is 5.32 Å². The topological polar surface area (TPSA) is 64.7 Å². The van der Waals surface area contributed by atoms with Crippen LogP contribution in [-0.4, -0.2) is 25.5 Å². The Morgan fingerprint density at radius 3 is 2.41 bits per heavy atom. The van der Waals surface area contributed by atoms with Gasteiger partial charge in [-0.05, 0) is 13.8 Å². The highest BCUT2D eigenvalue weighted by Gasteiger charge is 2.35. The standard InChI is InChI=1S/C13H16F3N5O/c1-7(9-6-17-20(3)8(9)2)18-12(22)10-5-11(13(14,15)16)19-21(10)4/h5-7H,1-4H3,(H,18,22). The molecule has 22 heavy (non-hydrogen) atoms. The number of carbonyl (C=O) groups is 1. The Morgan fingerprint density at radius 2 is 1.95 bits per heavy atom. The molecule has 0 aliphatic rings. The van der Waals surface area contributed by atoms with Gasteiger partial charge in [0.05, 0.1) is 12.2 Å². The second kappa shape index (κ2) is 5.47. The Kier molecular flexibility index (Phi) is 3.99. The zero-order valence-electron chi connectivity index (χ0n) is 12.6. The van der Waals surface area contributed by atoms with E-state index in [1.807, 2.05) is 6.92 Å². The maximum atomic E-state index is 12.6. The van der Waals surface area contributed by atoms with Crippen LogP contribution in [0.25, 0.3) is 0 Å². The third-order valence-corrected chi connectivity index (χ3v) is 3.49. The third-order valence-electron chi connectivity index (χ3n) is 3.49. The number of alkyl halides is 3. The molecule has 9 heteroatoms. The molecule has 2 rings (SSSR count). The minimum Gasteiger partial charge on any atom is -0.344 e. The summed E-state index contributed by atoms with van der Waals surface area (Å²) in [7, 11) is 3.06. The number of hydrogen-bond acceptors (Lipinski definition) is 3. The van der Waals surface area contributed by atoms with Gasteiger partial charge in [0.15, 0.2) is 5.69 Å². The smallest absolute Gasteiger partial charge is 0.344 e. The number of halogens is 3. The molecule has 120 valence electrons. The Bertz CT molecular complexity index is 701. The maximum Gasteiger partial charge on any atom is 0.435 e. The van der Waals surface area contributed by atoms with E-state index < -0.39 is 17.8 Å². The number of nitrogens with zero attached hydrogens (tertiary/aromatic N) is 4. The van der Waals surface area contributed by atoms with E-state index in [9.17, 15) is 18.0 Å². The summed E-state index contributed by atoms with van der Waals surface area (Å²) < 4.78 is 40.4. The Labute approximate surface area is 124 Å². The summed E-state index contributed by atoms with van der Waals surface area (Å²) in [6.45, 7) is 3.58. The fraction of sp³-hybridized carbons (Fsp3) is 0.462. The average Bonchev–Trinajstić information content (AvgIpc) is 2.94. The lowest BCUT2D eigenvalue weighted by atomic mass is 10.1. The lowest BCUT2D eigenvalue weighted by molar-refractivity contribution is -0.141. The molecule has 0 spiro atoms. The minimum atomic E-state index is -4.58. The van der Waals surface area contributed by atoms with Crippen molar-refractivity contribution in [2.24, 2.45) is 14.1 Å². The van der Waals surface area contributed by atoms with Gasteiger partial charge in [0, 0.05) is 31.4 Å². The Hall–Kier alpha value is -2.32. The largest absolute Gasteiger partial charge is 0.435 e. The highest BCUT2D eigenvalue weighted by Crippen LogP contribution is 2.28. The van der Waals surface area contributed by atoms with Crippen molar-refractivity contribution >= 4 is 5.91 Å². The zero-order chi connectivity index (χ0) is 16.7. The predicted octanol–water partition coefficient (Wildman–Crippen LogP) is 1.97. The van der Waals surface area contributed by atoms with E-state index in [1.54, 1.807) is 24.9 Å². The number of amides is 1. The second-order valence-electron chi connectivity index (χ2n) is 5.04. The van der Waals surface area contributed by atoms with Gasteiger partial charge in [-0.3, -0.25) is 14.2 Å². The SMILES string of the molecule is Cc1c(C(C)NC(=O)c2cc(C(F)(F)F)nn2C)cnn1C. The van der Waals surface area contributed by atoms with Crippen molar-refractivity contribution in [1.29, 1.82) is 0 Å². The first-order chi connectivity index (χ1) is 10.1. The normalized spacial score (nSPS) is 13.2. The molecule has 1 amide bonds. The quantitative estimate of drug-likeness (QED) is 0.942. The van der Waals surface area contributed by atoms with Gasteiger partial charge in [0.25, 0.3) is 5.91 Å². The summed E-state index contributed by atoms with van der Waals surface area (Å²) >= 11 is 0. The molecule has 0 fully saturated rings. The van der Waals surface area contributed by atoms with Crippen LogP contribution in [0.2, 0.25) is 0 Å². The van der Waals surface area contributed by atoms with Crippen LogP contribution >= 0.6 is 0 Å². The molecule has 0 bridgehead atoms. The highest BCUT2D eigenvalue weighted by molar-refractivity contribution is 5.93. The summed E-state index contributed by atoms with van der Waals surface area (Å²) in [4.78, 5) is 12.1. The van der Waals surface area contributed by atoms with Gasteiger partial charge in [-0.25, -0.2) is 0 Å². The summed E-state index contributed by atoms with van der Waals surface area (Å²) in [5.41, 5.74) is 0.425.